The maximum absolute atomic E-state index is 12.2. The Morgan fingerprint density at radius 1 is 1.37 bits per heavy atom. The first-order valence-electron chi connectivity index (χ1n) is 6.87. The third kappa shape index (κ3) is 6.55. The van der Waals surface area contributed by atoms with Crippen LogP contribution in [0.15, 0.2) is 0 Å². The molecular weight excluding hydrogens is 242 g/mol. The van der Waals surface area contributed by atoms with Crippen LogP contribution in [0.4, 0.5) is 0 Å². The number of amides is 1. The first-order valence-corrected chi connectivity index (χ1v) is 6.87. The summed E-state index contributed by atoms with van der Waals surface area (Å²) in [7, 11) is 0. The van der Waals surface area contributed by atoms with Crippen LogP contribution in [0, 0.1) is 16.7 Å². The lowest BCUT2D eigenvalue weighted by atomic mass is 9.96. The molecule has 1 saturated heterocycles. The fourth-order valence-corrected chi connectivity index (χ4v) is 2.20. The van der Waals surface area contributed by atoms with Crippen LogP contribution in [-0.2, 0) is 9.53 Å². The second-order valence-corrected chi connectivity index (χ2v) is 6.17. The van der Waals surface area contributed by atoms with Gasteiger partial charge in [-0.05, 0) is 5.41 Å². The third-order valence-electron chi connectivity index (χ3n) is 2.96. The van der Waals surface area contributed by atoms with Gasteiger partial charge in [-0.1, -0.05) is 20.8 Å². The molecule has 0 N–H and O–H groups in total. The summed E-state index contributed by atoms with van der Waals surface area (Å²) in [6, 6.07) is 2.15. The number of ether oxygens (including phenoxy) is 1. The van der Waals surface area contributed by atoms with Gasteiger partial charge in [0.05, 0.1) is 25.8 Å². The Kier molecular flexibility index (Phi) is 6.26. The Morgan fingerprint density at radius 3 is 2.53 bits per heavy atom. The Morgan fingerprint density at radius 2 is 2.00 bits per heavy atom. The fourth-order valence-electron chi connectivity index (χ4n) is 2.20. The quantitative estimate of drug-likeness (QED) is 0.748. The standard InChI is InChI=1S/C14H25N3O2/c1-14(2,3)12-16(6-4-5-15)11-13(18)17-7-9-19-10-8-17/h4,6-12H2,1-3H3. The molecule has 0 unspecified atom stereocenters. The van der Waals surface area contributed by atoms with Crippen molar-refractivity contribution in [2.75, 3.05) is 45.9 Å². The number of hydrogen-bond donors (Lipinski definition) is 0. The topological polar surface area (TPSA) is 56.6 Å². The smallest absolute Gasteiger partial charge is 0.236 e. The zero-order chi connectivity index (χ0) is 14.3. The summed E-state index contributed by atoms with van der Waals surface area (Å²) < 4.78 is 5.25. The highest BCUT2D eigenvalue weighted by atomic mass is 16.5. The molecular formula is C14H25N3O2. The lowest BCUT2D eigenvalue weighted by Gasteiger charge is -2.32. The number of carbonyl (C=O) groups excluding carboxylic acids is 1. The molecule has 0 spiro atoms. The number of morpholine rings is 1. The average Bonchev–Trinajstić information content (AvgIpc) is 2.35. The van der Waals surface area contributed by atoms with E-state index >= 15 is 0 Å². The van der Waals surface area contributed by atoms with E-state index in [1.54, 1.807) is 0 Å². The maximum Gasteiger partial charge on any atom is 0.236 e. The van der Waals surface area contributed by atoms with Crippen molar-refractivity contribution in [1.29, 1.82) is 5.26 Å². The Labute approximate surface area is 116 Å². The van der Waals surface area contributed by atoms with Crippen molar-refractivity contribution in [3.05, 3.63) is 0 Å². The zero-order valence-corrected chi connectivity index (χ0v) is 12.3. The summed E-state index contributed by atoms with van der Waals surface area (Å²) in [5.41, 5.74) is 0.126. The van der Waals surface area contributed by atoms with E-state index in [1.165, 1.54) is 0 Å². The highest BCUT2D eigenvalue weighted by Gasteiger charge is 2.22. The zero-order valence-electron chi connectivity index (χ0n) is 12.3. The molecule has 1 fully saturated rings. The molecule has 0 saturated carbocycles. The van der Waals surface area contributed by atoms with Gasteiger partial charge in [0.25, 0.3) is 0 Å². The monoisotopic (exact) mass is 267 g/mol. The second kappa shape index (κ2) is 7.46. The van der Waals surface area contributed by atoms with Crippen molar-refractivity contribution >= 4 is 5.91 Å². The summed E-state index contributed by atoms with van der Waals surface area (Å²) in [4.78, 5) is 16.1. The Hall–Kier alpha value is -1.12. The molecule has 0 aromatic carbocycles. The molecule has 1 aliphatic rings. The van der Waals surface area contributed by atoms with Crippen LogP contribution >= 0.6 is 0 Å². The van der Waals surface area contributed by atoms with E-state index in [1.807, 2.05) is 4.90 Å². The Bertz CT molecular complexity index is 325. The van der Waals surface area contributed by atoms with Crippen LogP contribution in [0.1, 0.15) is 27.2 Å². The van der Waals surface area contributed by atoms with Gasteiger partial charge in [0.1, 0.15) is 0 Å². The van der Waals surface area contributed by atoms with Gasteiger partial charge >= 0.3 is 0 Å². The number of carbonyl (C=O) groups is 1. The number of nitriles is 1. The molecule has 5 heteroatoms. The summed E-state index contributed by atoms with van der Waals surface area (Å²) in [5, 5.41) is 8.71. The SMILES string of the molecule is CC(C)(C)CN(CCC#N)CC(=O)N1CCOCC1. The fraction of sp³-hybridized carbons (Fsp3) is 0.857. The molecule has 0 atom stereocenters. The molecule has 1 aliphatic heterocycles. The second-order valence-electron chi connectivity index (χ2n) is 6.17. The number of nitrogens with zero attached hydrogens (tertiary/aromatic N) is 3. The van der Waals surface area contributed by atoms with Gasteiger partial charge in [-0.15, -0.1) is 0 Å². The third-order valence-corrected chi connectivity index (χ3v) is 2.96. The summed E-state index contributed by atoms with van der Waals surface area (Å²) in [6.45, 7) is 10.9. The molecule has 1 rings (SSSR count). The molecule has 0 aromatic rings. The van der Waals surface area contributed by atoms with Crippen molar-refractivity contribution in [3.8, 4) is 6.07 Å². The molecule has 0 radical (unpaired) electrons. The minimum absolute atomic E-state index is 0.126. The van der Waals surface area contributed by atoms with Crippen molar-refractivity contribution < 1.29 is 9.53 Å². The maximum atomic E-state index is 12.2. The van der Waals surface area contributed by atoms with Crippen molar-refractivity contribution in [2.24, 2.45) is 5.41 Å². The molecule has 0 bridgehead atoms. The van der Waals surface area contributed by atoms with Gasteiger partial charge in [-0.25, -0.2) is 0 Å². The summed E-state index contributed by atoms with van der Waals surface area (Å²) >= 11 is 0. The van der Waals surface area contributed by atoms with E-state index < -0.39 is 0 Å². The normalized spacial score (nSPS) is 16.5. The van der Waals surface area contributed by atoms with Gasteiger partial charge in [-0.3, -0.25) is 9.69 Å². The summed E-state index contributed by atoms with van der Waals surface area (Å²) in [5.74, 6) is 0.144. The highest BCUT2D eigenvalue weighted by Crippen LogP contribution is 2.15. The predicted molar refractivity (Wildman–Crippen MR) is 73.5 cm³/mol. The van der Waals surface area contributed by atoms with E-state index in [9.17, 15) is 4.79 Å². The van der Waals surface area contributed by atoms with E-state index in [0.717, 1.165) is 6.54 Å². The van der Waals surface area contributed by atoms with E-state index in [2.05, 4.69) is 31.7 Å². The molecule has 108 valence electrons. The average molecular weight is 267 g/mol. The van der Waals surface area contributed by atoms with Crippen molar-refractivity contribution in [2.45, 2.75) is 27.2 Å². The van der Waals surface area contributed by atoms with Crippen molar-refractivity contribution in [3.63, 3.8) is 0 Å². The lowest BCUT2D eigenvalue weighted by molar-refractivity contribution is -0.136. The van der Waals surface area contributed by atoms with Crippen LogP contribution in [0.5, 0.6) is 0 Å². The van der Waals surface area contributed by atoms with Gasteiger partial charge < -0.3 is 9.64 Å². The highest BCUT2D eigenvalue weighted by molar-refractivity contribution is 5.78. The first-order chi connectivity index (χ1) is 8.92. The largest absolute Gasteiger partial charge is 0.378 e. The first kappa shape index (κ1) is 15.9. The molecule has 1 amide bonds. The molecule has 0 aliphatic carbocycles. The van der Waals surface area contributed by atoms with E-state index in [-0.39, 0.29) is 11.3 Å². The van der Waals surface area contributed by atoms with Crippen LogP contribution in [-0.4, -0.2) is 61.6 Å². The predicted octanol–water partition coefficient (Wildman–Crippen LogP) is 1.11. The lowest BCUT2D eigenvalue weighted by Crippen LogP contribution is -2.47. The molecule has 1 heterocycles. The van der Waals surface area contributed by atoms with Gasteiger partial charge in [0.2, 0.25) is 5.91 Å². The number of hydrogen-bond acceptors (Lipinski definition) is 4. The van der Waals surface area contributed by atoms with Gasteiger partial charge in [-0.2, -0.15) is 5.26 Å². The van der Waals surface area contributed by atoms with Crippen LogP contribution in [0.25, 0.3) is 0 Å². The Balaban J connectivity index is 2.50. The van der Waals surface area contributed by atoms with Crippen LogP contribution in [0.2, 0.25) is 0 Å². The van der Waals surface area contributed by atoms with Crippen LogP contribution < -0.4 is 0 Å². The van der Waals surface area contributed by atoms with Crippen LogP contribution in [0.3, 0.4) is 0 Å². The molecule has 19 heavy (non-hydrogen) atoms. The van der Waals surface area contributed by atoms with E-state index in [4.69, 9.17) is 10.00 Å². The number of rotatable bonds is 5. The van der Waals surface area contributed by atoms with Crippen molar-refractivity contribution in [1.82, 2.24) is 9.80 Å². The van der Waals surface area contributed by atoms with Gasteiger partial charge in [0, 0.05) is 32.6 Å². The van der Waals surface area contributed by atoms with E-state index in [0.29, 0.717) is 45.8 Å². The molecule has 0 aromatic heterocycles. The molecule has 5 nitrogen and oxygen atoms in total. The minimum atomic E-state index is 0.126. The summed E-state index contributed by atoms with van der Waals surface area (Å²) in [6.07, 6.45) is 0.465. The van der Waals surface area contributed by atoms with Gasteiger partial charge in [0.15, 0.2) is 0 Å². The minimum Gasteiger partial charge on any atom is -0.378 e.